The third-order valence-corrected chi connectivity index (χ3v) is 2.82. The molecule has 0 aliphatic carbocycles. The molecule has 1 saturated heterocycles. The van der Waals surface area contributed by atoms with Crippen LogP contribution in [0.2, 0.25) is 0 Å². The summed E-state index contributed by atoms with van der Waals surface area (Å²) in [5, 5.41) is 11.4. The number of carbonyl (C=O) groups excluding carboxylic acids is 1. The maximum absolute atomic E-state index is 11.5. The highest BCUT2D eigenvalue weighted by Crippen LogP contribution is 2.14. The van der Waals surface area contributed by atoms with Crippen molar-refractivity contribution in [2.45, 2.75) is 38.7 Å². The molecule has 2 N–H and O–H groups in total. The minimum atomic E-state index is -0.861. The summed E-state index contributed by atoms with van der Waals surface area (Å²) in [6, 6.07) is 0. The lowest BCUT2D eigenvalue weighted by Crippen LogP contribution is -2.34. The van der Waals surface area contributed by atoms with E-state index in [1.54, 1.807) is 6.92 Å². The number of carboxylic acid groups (broad SMARTS) is 1. The molecule has 0 aromatic rings. The van der Waals surface area contributed by atoms with Gasteiger partial charge in [-0.15, -0.1) is 0 Å². The minimum Gasteiger partial charge on any atom is -0.481 e. The van der Waals surface area contributed by atoms with Crippen molar-refractivity contribution < 1.29 is 19.4 Å². The van der Waals surface area contributed by atoms with Crippen LogP contribution in [0.5, 0.6) is 0 Å². The van der Waals surface area contributed by atoms with Crippen molar-refractivity contribution in [3.05, 3.63) is 0 Å². The van der Waals surface area contributed by atoms with E-state index in [0.29, 0.717) is 12.8 Å². The fourth-order valence-electron chi connectivity index (χ4n) is 1.73. The molecule has 16 heavy (non-hydrogen) atoms. The second-order valence-corrected chi connectivity index (χ2v) is 4.09. The number of carboxylic acids is 1. The molecule has 2 atom stereocenters. The standard InChI is InChI=1S/C11H19NO4/c1-2-8(11(14)15)7-12-10(13)6-9-4-3-5-16-9/h8-9H,2-7H2,1H3,(H,12,13)(H,14,15). The number of rotatable bonds is 6. The maximum atomic E-state index is 11.5. The van der Waals surface area contributed by atoms with E-state index < -0.39 is 11.9 Å². The van der Waals surface area contributed by atoms with Crippen molar-refractivity contribution in [1.29, 1.82) is 0 Å². The summed E-state index contributed by atoms with van der Waals surface area (Å²) in [5.74, 6) is -1.47. The predicted molar refractivity (Wildman–Crippen MR) is 58.0 cm³/mol. The van der Waals surface area contributed by atoms with Crippen LogP contribution >= 0.6 is 0 Å². The van der Waals surface area contributed by atoms with E-state index in [1.165, 1.54) is 0 Å². The molecule has 0 saturated carbocycles. The monoisotopic (exact) mass is 229 g/mol. The van der Waals surface area contributed by atoms with E-state index >= 15 is 0 Å². The van der Waals surface area contributed by atoms with Gasteiger partial charge in [0.1, 0.15) is 0 Å². The van der Waals surface area contributed by atoms with Crippen LogP contribution in [0.1, 0.15) is 32.6 Å². The Kier molecular flexibility index (Phi) is 5.25. The van der Waals surface area contributed by atoms with Crippen molar-refractivity contribution in [3.63, 3.8) is 0 Å². The number of amides is 1. The van der Waals surface area contributed by atoms with Gasteiger partial charge in [0.15, 0.2) is 0 Å². The van der Waals surface area contributed by atoms with Gasteiger partial charge in [0.05, 0.1) is 18.4 Å². The molecule has 5 nitrogen and oxygen atoms in total. The fraction of sp³-hybridized carbons (Fsp3) is 0.818. The summed E-state index contributed by atoms with van der Waals surface area (Å²) < 4.78 is 5.33. The molecule has 2 unspecified atom stereocenters. The number of hydrogen-bond donors (Lipinski definition) is 2. The topological polar surface area (TPSA) is 75.6 Å². The molecular formula is C11H19NO4. The number of carbonyl (C=O) groups is 2. The van der Waals surface area contributed by atoms with Gasteiger partial charge in [-0.25, -0.2) is 0 Å². The molecule has 1 rings (SSSR count). The van der Waals surface area contributed by atoms with Crippen LogP contribution in [0.3, 0.4) is 0 Å². The average Bonchev–Trinajstić information content (AvgIpc) is 2.70. The summed E-state index contributed by atoms with van der Waals surface area (Å²) in [5.41, 5.74) is 0. The average molecular weight is 229 g/mol. The van der Waals surface area contributed by atoms with Gasteiger partial charge in [-0.3, -0.25) is 9.59 Å². The normalized spacial score (nSPS) is 21.7. The van der Waals surface area contributed by atoms with Gasteiger partial charge >= 0.3 is 5.97 Å². The first-order valence-electron chi connectivity index (χ1n) is 5.74. The van der Waals surface area contributed by atoms with E-state index in [9.17, 15) is 9.59 Å². The quantitative estimate of drug-likeness (QED) is 0.705. The van der Waals surface area contributed by atoms with Crippen LogP contribution in [0.25, 0.3) is 0 Å². The Morgan fingerprint density at radius 2 is 2.31 bits per heavy atom. The molecule has 1 amide bonds. The Bertz CT molecular complexity index is 248. The van der Waals surface area contributed by atoms with E-state index in [2.05, 4.69) is 5.32 Å². The SMILES string of the molecule is CCC(CNC(=O)CC1CCCO1)C(=O)O. The molecule has 0 aromatic heterocycles. The molecule has 1 aliphatic rings. The van der Waals surface area contributed by atoms with Gasteiger partial charge < -0.3 is 15.2 Å². The summed E-state index contributed by atoms with van der Waals surface area (Å²) in [6.07, 6.45) is 2.81. The van der Waals surface area contributed by atoms with Crippen LogP contribution in [-0.4, -0.2) is 36.2 Å². The predicted octanol–water partition coefficient (Wildman–Crippen LogP) is 0.782. The molecule has 1 heterocycles. The number of ether oxygens (including phenoxy) is 1. The first-order chi connectivity index (χ1) is 7.63. The van der Waals surface area contributed by atoms with Gasteiger partial charge in [-0.05, 0) is 19.3 Å². The van der Waals surface area contributed by atoms with Crippen molar-refractivity contribution in [2.24, 2.45) is 5.92 Å². The largest absolute Gasteiger partial charge is 0.481 e. The van der Waals surface area contributed by atoms with Gasteiger partial charge in [-0.1, -0.05) is 6.92 Å². The van der Waals surface area contributed by atoms with Crippen LogP contribution in [0.4, 0.5) is 0 Å². The zero-order valence-corrected chi connectivity index (χ0v) is 9.57. The van der Waals surface area contributed by atoms with Crippen LogP contribution < -0.4 is 5.32 Å². The summed E-state index contributed by atoms with van der Waals surface area (Å²) in [4.78, 5) is 22.2. The molecule has 5 heteroatoms. The number of hydrogen-bond acceptors (Lipinski definition) is 3. The van der Waals surface area contributed by atoms with Crippen LogP contribution in [-0.2, 0) is 14.3 Å². The summed E-state index contributed by atoms with van der Waals surface area (Å²) >= 11 is 0. The molecular weight excluding hydrogens is 210 g/mol. The second kappa shape index (κ2) is 6.48. The van der Waals surface area contributed by atoms with E-state index in [1.807, 2.05) is 0 Å². The van der Waals surface area contributed by atoms with Crippen LogP contribution in [0.15, 0.2) is 0 Å². The third-order valence-electron chi connectivity index (χ3n) is 2.82. The lowest BCUT2D eigenvalue weighted by molar-refractivity contribution is -0.141. The Hall–Kier alpha value is -1.10. The number of nitrogens with one attached hydrogen (secondary N) is 1. The van der Waals surface area contributed by atoms with Gasteiger partial charge in [-0.2, -0.15) is 0 Å². The fourth-order valence-corrected chi connectivity index (χ4v) is 1.73. The van der Waals surface area contributed by atoms with Gasteiger partial charge in [0.25, 0.3) is 0 Å². The minimum absolute atomic E-state index is 0.0184. The summed E-state index contributed by atoms with van der Waals surface area (Å²) in [6.45, 7) is 2.73. The van der Waals surface area contributed by atoms with Gasteiger partial charge in [0.2, 0.25) is 5.91 Å². The van der Waals surface area contributed by atoms with E-state index in [0.717, 1.165) is 19.4 Å². The van der Waals surface area contributed by atoms with E-state index in [-0.39, 0.29) is 18.6 Å². The highest BCUT2D eigenvalue weighted by molar-refractivity contribution is 5.77. The highest BCUT2D eigenvalue weighted by atomic mass is 16.5. The Balaban J connectivity index is 2.20. The molecule has 1 aliphatic heterocycles. The molecule has 0 bridgehead atoms. The zero-order valence-electron chi connectivity index (χ0n) is 9.57. The van der Waals surface area contributed by atoms with Crippen molar-refractivity contribution >= 4 is 11.9 Å². The van der Waals surface area contributed by atoms with Gasteiger partial charge in [0, 0.05) is 13.2 Å². The third kappa shape index (κ3) is 4.18. The second-order valence-electron chi connectivity index (χ2n) is 4.09. The van der Waals surface area contributed by atoms with Crippen molar-refractivity contribution in [3.8, 4) is 0 Å². The molecule has 0 aromatic carbocycles. The maximum Gasteiger partial charge on any atom is 0.308 e. The first kappa shape index (κ1) is 13.0. The molecule has 92 valence electrons. The van der Waals surface area contributed by atoms with E-state index in [4.69, 9.17) is 9.84 Å². The summed E-state index contributed by atoms with van der Waals surface area (Å²) in [7, 11) is 0. The Labute approximate surface area is 95.2 Å². The molecule has 0 spiro atoms. The molecule has 1 fully saturated rings. The lowest BCUT2D eigenvalue weighted by Gasteiger charge is -2.13. The number of aliphatic carboxylic acids is 1. The van der Waals surface area contributed by atoms with Crippen molar-refractivity contribution in [2.75, 3.05) is 13.2 Å². The molecule has 0 radical (unpaired) electrons. The van der Waals surface area contributed by atoms with Crippen molar-refractivity contribution in [1.82, 2.24) is 5.32 Å². The first-order valence-corrected chi connectivity index (χ1v) is 5.74. The smallest absolute Gasteiger partial charge is 0.308 e. The van der Waals surface area contributed by atoms with Crippen LogP contribution in [0, 0.1) is 5.92 Å². The zero-order chi connectivity index (χ0) is 12.0. The Morgan fingerprint density at radius 1 is 1.56 bits per heavy atom. The Morgan fingerprint density at radius 3 is 2.81 bits per heavy atom. The highest BCUT2D eigenvalue weighted by Gasteiger charge is 2.20. The lowest BCUT2D eigenvalue weighted by atomic mass is 10.1.